The molecule has 0 spiro atoms. The first-order valence-corrected chi connectivity index (χ1v) is 7.28. The lowest BCUT2D eigenvalue weighted by molar-refractivity contribution is 1.21. The molecule has 1 aromatic carbocycles. The van der Waals surface area contributed by atoms with E-state index in [0.29, 0.717) is 0 Å². The van der Waals surface area contributed by atoms with E-state index >= 15 is 0 Å². The van der Waals surface area contributed by atoms with Crippen LogP contribution in [-0.2, 0) is 0 Å². The predicted octanol–water partition coefficient (Wildman–Crippen LogP) is 5.65. The third-order valence-electron chi connectivity index (χ3n) is 2.05. The number of thiophene rings is 1. The molecular weight excluding hydrogens is 359 g/mol. The van der Waals surface area contributed by atoms with Crippen molar-refractivity contribution in [2.24, 2.45) is 0 Å². The van der Waals surface area contributed by atoms with E-state index in [1.807, 2.05) is 29.6 Å². The Morgan fingerprint density at radius 2 is 1.93 bits per heavy atom. The lowest BCUT2D eigenvalue weighted by Crippen LogP contribution is -1.91. The third kappa shape index (κ3) is 2.47. The standard InChI is InChI=1S/C11H7Br2ClS/c12-8-4-2-1-3-7(8)10(13)11-9(14)5-6-15-11/h1-6,10H. The second-order valence-corrected chi connectivity index (χ2v) is 6.14. The van der Waals surface area contributed by atoms with Crippen molar-refractivity contribution < 1.29 is 0 Å². The lowest BCUT2D eigenvalue weighted by Gasteiger charge is -2.10. The van der Waals surface area contributed by atoms with Crippen molar-refractivity contribution in [3.05, 3.63) is 55.6 Å². The lowest BCUT2D eigenvalue weighted by atomic mass is 10.1. The van der Waals surface area contributed by atoms with E-state index in [1.165, 1.54) is 5.56 Å². The molecule has 0 radical (unpaired) electrons. The molecule has 1 heterocycles. The fourth-order valence-electron chi connectivity index (χ4n) is 1.31. The second-order valence-electron chi connectivity index (χ2n) is 3.02. The smallest absolute Gasteiger partial charge is 0.0763 e. The molecule has 0 amide bonds. The molecule has 0 aliphatic rings. The van der Waals surface area contributed by atoms with Crippen molar-refractivity contribution in [1.82, 2.24) is 0 Å². The van der Waals surface area contributed by atoms with Crippen LogP contribution in [0.5, 0.6) is 0 Å². The van der Waals surface area contributed by atoms with Gasteiger partial charge in [0.15, 0.2) is 0 Å². The van der Waals surface area contributed by atoms with Gasteiger partial charge in [-0.3, -0.25) is 0 Å². The van der Waals surface area contributed by atoms with Gasteiger partial charge in [0.05, 0.1) is 9.85 Å². The molecule has 0 saturated carbocycles. The zero-order valence-electron chi connectivity index (χ0n) is 7.58. The van der Waals surface area contributed by atoms with E-state index in [9.17, 15) is 0 Å². The van der Waals surface area contributed by atoms with Gasteiger partial charge >= 0.3 is 0 Å². The Kier molecular flexibility index (Phi) is 3.88. The molecule has 0 bridgehead atoms. The van der Waals surface area contributed by atoms with E-state index in [0.717, 1.165) is 14.4 Å². The highest BCUT2D eigenvalue weighted by Crippen LogP contribution is 2.41. The molecule has 0 fully saturated rings. The summed E-state index contributed by atoms with van der Waals surface area (Å²) in [6.45, 7) is 0. The van der Waals surface area contributed by atoms with E-state index in [1.54, 1.807) is 11.3 Å². The molecule has 4 heteroatoms. The number of benzene rings is 1. The highest BCUT2D eigenvalue weighted by molar-refractivity contribution is 9.11. The molecule has 1 atom stereocenters. The zero-order valence-corrected chi connectivity index (χ0v) is 12.3. The van der Waals surface area contributed by atoms with E-state index < -0.39 is 0 Å². The second kappa shape index (κ2) is 5.00. The maximum absolute atomic E-state index is 6.10. The SMILES string of the molecule is Clc1ccsc1C(Br)c1ccccc1Br. The number of alkyl halides is 1. The largest absolute Gasteiger partial charge is 0.146 e. The normalized spacial score (nSPS) is 12.7. The molecule has 15 heavy (non-hydrogen) atoms. The Labute approximate surface area is 115 Å². The van der Waals surface area contributed by atoms with Crippen LogP contribution in [0.15, 0.2) is 40.2 Å². The highest BCUT2D eigenvalue weighted by atomic mass is 79.9. The van der Waals surface area contributed by atoms with Gasteiger partial charge in [0.2, 0.25) is 0 Å². The van der Waals surface area contributed by atoms with E-state index in [4.69, 9.17) is 11.6 Å². The van der Waals surface area contributed by atoms with Crippen LogP contribution in [0, 0.1) is 0 Å². The Morgan fingerprint density at radius 1 is 1.20 bits per heavy atom. The maximum atomic E-state index is 6.10. The van der Waals surface area contributed by atoms with Gasteiger partial charge in [-0.1, -0.05) is 61.7 Å². The number of halogens is 3. The first kappa shape index (κ1) is 11.6. The molecule has 0 nitrogen and oxygen atoms in total. The Morgan fingerprint density at radius 3 is 2.53 bits per heavy atom. The van der Waals surface area contributed by atoms with Crippen LogP contribution in [-0.4, -0.2) is 0 Å². The van der Waals surface area contributed by atoms with Crippen LogP contribution in [0.1, 0.15) is 15.3 Å². The van der Waals surface area contributed by atoms with Crippen LogP contribution in [0.4, 0.5) is 0 Å². The summed E-state index contributed by atoms with van der Waals surface area (Å²) in [6.07, 6.45) is 0. The molecular formula is C11H7Br2ClS. The Bertz CT molecular complexity index is 467. The van der Waals surface area contributed by atoms with Gasteiger partial charge in [0, 0.05) is 9.35 Å². The molecule has 2 rings (SSSR count). The summed E-state index contributed by atoms with van der Waals surface area (Å²) < 4.78 is 1.09. The fraction of sp³-hybridized carbons (Fsp3) is 0.0909. The minimum atomic E-state index is 0.153. The van der Waals surface area contributed by atoms with Gasteiger partial charge in [-0.25, -0.2) is 0 Å². The minimum absolute atomic E-state index is 0.153. The topological polar surface area (TPSA) is 0 Å². The molecule has 0 aliphatic carbocycles. The van der Waals surface area contributed by atoms with E-state index in [-0.39, 0.29) is 4.83 Å². The highest BCUT2D eigenvalue weighted by Gasteiger charge is 2.16. The summed E-state index contributed by atoms with van der Waals surface area (Å²) in [4.78, 5) is 1.30. The van der Waals surface area contributed by atoms with Crippen LogP contribution in [0.25, 0.3) is 0 Å². The van der Waals surface area contributed by atoms with Crippen molar-refractivity contribution in [3.8, 4) is 0 Å². The number of rotatable bonds is 2. The van der Waals surface area contributed by atoms with Crippen molar-refractivity contribution in [3.63, 3.8) is 0 Å². The van der Waals surface area contributed by atoms with Crippen molar-refractivity contribution >= 4 is 54.8 Å². The number of hydrogen-bond acceptors (Lipinski definition) is 1. The van der Waals surface area contributed by atoms with Gasteiger partial charge in [0.1, 0.15) is 0 Å². The van der Waals surface area contributed by atoms with Gasteiger partial charge in [-0.05, 0) is 23.1 Å². The van der Waals surface area contributed by atoms with Gasteiger partial charge in [-0.2, -0.15) is 0 Å². The quantitative estimate of drug-likeness (QED) is 0.603. The van der Waals surface area contributed by atoms with Gasteiger partial charge in [-0.15, -0.1) is 11.3 Å². The van der Waals surface area contributed by atoms with Gasteiger partial charge < -0.3 is 0 Å². The van der Waals surface area contributed by atoms with Crippen LogP contribution in [0.2, 0.25) is 5.02 Å². The fourth-order valence-corrected chi connectivity index (χ4v) is 4.39. The average Bonchev–Trinajstić information content (AvgIpc) is 2.64. The molecule has 0 saturated heterocycles. The first-order valence-electron chi connectivity index (χ1n) is 4.31. The van der Waals surface area contributed by atoms with Crippen molar-refractivity contribution in [2.45, 2.75) is 4.83 Å². The molecule has 2 aromatic rings. The summed E-state index contributed by atoms with van der Waals surface area (Å²) in [6, 6.07) is 10.1. The van der Waals surface area contributed by atoms with Crippen LogP contribution >= 0.6 is 54.8 Å². The average molecular weight is 367 g/mol. The first-order chi connectivity index (χ1) is 7.20. The van der Waals surface area contributed by atoms with Crippen LogP contribution < -0.4 is 0 Å². The van der Waals surface area contributed by atoms with Crippen molar-refractivity contribution in [1.29, 1.82) is 0 Å². The van der Waals surface area contributed by atoms with Crippen LogP contribution in [0.3, 0.4) is 0 Å². The third-order valence-corrected chi connectivity index (χ3v) is 5.45. The maximum Gasteiger partial charge on any atom is 0.0763 e. The molecule has 0 aliphatic heterocycles. The van der Waals surface area contributed by atoms with E-state index in [2.05, 4.69) is 37.9 Å². The predicted molar refractivity (Wildman–Crippen MR) is 74.2 cm³/mol. The number of hydrogen-bond donors (Lipinski definition) is 0. The summed E-state index contributed by atoms with van der Waals surface area (Å²) >= 11 is 15.0. The molecule has 78 valence electrons. The molecule has 1 unspecified atom stereocenters. The minimum Gasteiger partial charge on any atom is -0.146 e. The Hall–Kier alpha value is 0.170. The summed E-state index contributed by atoms with van der Waals surface area (Å²) in [5, 5.41) is 2.82. The zero-order chi connectivity index (χ0) is 10.8. The summed E-state index contributed by atoms with van der Waals surface area (Å²) in [5.41, 5.74) is 1.20. The van der Waals surface area contributed by atoms with Crippen molar-refractivity contribution in [2.75, 3.05) is 0 Å². The monoisotopic (exact) mass is 364 g/mol. The molecule has 1 aromatic heterocycles. The molecule has 0 N–H and O–H groups in total. The summed E-state index contributed by atoms with van der Waals surface area (Å²) in [5.74, 6) is 0. The Balaban J connectivity index is 2.41. The summed E-state index contributed by atoms with van der Waals surface area (Å²) in [7, 11) is 0. The van der Waals surface area contributed by atoms with Gasteiger partial charge in [0.25, 0.3) is 0 Å².